The van der Waals surface area contributed by atoms with Crippen molar-refractivity contribution in [2.75, 3.05) is 17.2 Å². The number of hydrogen-bond donors (Lipinski definition) is 2. The zero-order valence-electron chi connectivity index (χ0n) is 11.2. The number of carbonyl (C=O) groups is 1. The zero-order chi connectivity index (χ0) is 13.8. The number of nitrogens with one attached hydrogen (secondary N) is 2. The van der Waals surface area contributed by atoms with Crippen LogP contribution in [-0.2, 0) is 9.53 Å². The number of anilines is 2. The van der Waals surface area contributed by atoms with Gasteiger partial charge in [-0.1, -0.05) is 11.6 Å². The topological polar surface area (TPSA) is 50.4 Å². The lowest BCUT2D eigenvalue weighted by Gasteiger charge is -2.36. The van der Waals surface area contributed by atoms with Gasteiger partial charge in [0.15, 0.2) is 0 Å². The molecule has 0 spiro atoms. The average Bonchev–Trinajstić information content (AvgIpc) is 2.29. The van der Waals surface area contributed by atoms with Crippen LogP contribution in [-0.4, -0.2) is 24.7 Å². The Morgan fingerprint density at radius 1 is 1.47 bits per heavy atom. The largest absolute Gasteiger partial charge is 0.382 e. The second kappa shape index (κ2) is 6.26. The summed E-state index contributed by atoms with van der Waals surface area (Å²) in [6, 6.07) is 6.01. The molecule has 104 valence electrons. The number of hydrogen-bond acceptors (Lipinski definition) is 3. The van der Waals surface area contributed by atoms with Crippen LogP contribution in [0.1, 0.15) is 26.7 Å². The summed E-state index contributed by atoms with van der Waals surface area (Å²) in [5.74, 6) is -0.124. The predicted octanol–water partition coefficient (Wildman–Crippen LogP) is 3.28. The number of rotatable bonds is 5. The molecule has 0 saturated heterocycles. The van der Waals surface area contributed by atoms with Gasteiger partial charge in [0, 0.05) is 25.3 Å². The molecule has 2 N–H and O–H groups in total. The van der Waals surface area contributed by atoms with Gasteiger partial charge in [0.25, 0.3) is 0 Å². The molecule has 0 bridgehead atoms. The maximum absolute atomic E-state index is 11.0. The van der Waals surface area contributed by atoms with Crippen LogP contribution in [0.15, 0.2) is 18.2 Å². The van der Waals surface area contributed by atoms with Crippen LogP contribution in [0.4, 0.5) is 11.4 Å². The van der Waals surface area contributed by atoms with Gasteiger partial charge in [0.05, 0.1) is 16.8 Å². The van der Waals surface area contributed by atoms with Crippen molar-refractivity contribution in [1.82, 2.24) is 0 Å². The van der Waals surface area contributed by atoms with Crippen molar-refractivity contribution in [3.63, 3.8) is 0 Å². The summed E-state index contributed by atoms with van der Waals surface area (Å²) in [6.45, 7) is 4.25. The first-order valence-corrected chi connectivity index (χ1v) is 6.91. The fourth-order valence-corrected chi connectivity index (χ4v) is 2.41. The number of amides is 1. The second-order valence-electron chi connectivity index (χ2n) is 4.77. The van der Waals surface area contributed by atoms with Gasteiger partial charge in [-0.05, 0) is 38.0 Å². The Kier molecular flexibility index (Phi) is 4.66. The molecular formula is C14H19ClN2O2. The molecule has 4 nitrogen and oxygen atoms in total. The molecule has 1 aromatic carbocycles. The minimum atomic E-state index is -0.124. The highest BCUT2D eigenvalue weighted by Crippen LogP contribution is 2.30. The maximum atomic E-state index is 11.0. The Labute approximate surface area is 118 Å². The molecule has 0 atom stereocenters. The number of halogens is 1. The van der Waals surface area contributed by atoms with Gasteiger partial charge in [0.1, 0.15) is 0 Å². The minimum absolute atomic E-state index is 0.124. The third-order valence-corrected chi connectivity index (χ3v) is 3.46. The first-order chi connectivity index (χ1) is 9.08. The van der Waals surface area contributed by atoms with Crippen LogP contribution in [0.25, 0.3) is 0 Å². The van der Waals surface area contributed by atoms with E-state index in [0.29, 0.717) is 22.9 Å². The molecule has 19 heavy (non-hydrogen) atoms. The molecule has 0 aromatic heterocycles. The van der Waals surface area contributed by atoms with Crippen LogP contribution in [0.2, 0.25) is 5.02 Å². The summed E-state index contributed by atoms with van der Waals surface area (Å²) in [4.78, 5) is 11.0. The molecule has 1 aliphatic rings. The summed E-state index contributed by atoms with van der Waals surface area (Å²) < 4.78 is 5.52. The van der Waals surface area contributed by atoms with E-state index >= 15 is 0 Å². The third kappa shape index (κ3) is 3.85. The Balaban J connectivity index is 1.89. The van der Waals surface area contributed by atoms with E-state index in [2.05, 4.69) is 10.6 Å². The fraction of sp³-hybridized carbons (Fsp3) is 0.500. The molecule has 1 aromatic rings. The summed E-state index contributed by atoms with van der Waals surface area (Å²) in [6.07, 6.45) is 2.44. The highest BCUT2D eigenvalue weighted by molar-refractivity contribution is 6.34. The van der Waals surface area contributed by atoms with Gasteiger partial charge in [-0.3, -0.25) is 4.79 Å². The zero-order valence-corrected chi connectivity index (χ0v) is 12.0. The van der Waals surface area contributed by atoms with Crippen LogP contribution >= 0.6 is 11.6 Å². The van der Waals surface area contributed by atoms with Crippen LogP contribution in [0.3, 0.4) is 0 Å². The van der Waals surface area contributed by atoms with Crippen molar-refractivity contribution >= 4 is 28.9 Å². The summed E-state index contributed by atoms with van der Waals surface area (Å²) in [5, 5.41) is 6.64. The van der Waals surface area contributed by atoms with E-state index < -0.39 is 0 Å². The lowest BCUT2D eigenvalue weighted by molar-refractivity contribution is -0.114. The molecule has 1 amide bonds. The SMILES string of the molecule is CCOC1CC(Nc2ccc(NC(C)=O)c(Cl)c2)C1. The maximum Gasteiger partial charge on any atom is 0.221 e. The lowest BCUT2D eigenvalue weighted by Crippen LogP contribution is -2.40. The molecule has 1 fully saturated rings. The summed E-state index contributed by atoms with van der Waals surface area (Å²) in [5.41, 5.74) is 1.61. The number of ether oxygens (including phenoxy) is 1. The fourth-order valence-electron chi connectivity index (χ4n) is 2.19. The highest BCUT2D eigenvalue weighted by atomic mass is 35.5. The lowest BCUT2D eigenvalue weighted by atomic mass is 9.89. The Morgan fingerprint density at radius 2 is 2.21 bits per heavy atom. The molecule has 1 aliphatic carbocycles. The summed E-state index contributed by atoms with van der Waals surface area (Å²) >= 11 is 6.12. The van der Waals surface area contributed by atoms with Gasteiger partial charge in [-0.2, -0.15) is 0 Å². The summed E-state index contributed by atoms with van der Waals surface area (Å²) in [7, 11) is 0. The van der Waals surface area contributed by atoms with Crippen molar-refractivity contribution in [1.29, 1.82) is 0 Å². The van der Waals surface area contributed by atoms with Crippen molar-refractivity contribution in [2.24, 2.45) is 0 Å². The van der Waals surface area contributed by atoms with Crippen molar-refractivity contribution < 1.29 is 9.53 Å². The molecule has 0 radical (unpaired) electrons. The van der Waals surface area contributed by atoms with Crippen molar-refractivity contribution in [2.45, 2.75) is 38.8 Å². The smallest absolute Gasteiger partial charge is 0.221 e. The van der Waals surface area contributed by atoms with E-state index in [1.165, 1.54) is 6.92 Å². The van der Waals surface area contributed by atoms with Gasteiger partial charge < -0.3 is 15.4 Å². The predicted molar refractivity (Wildman–Crippen MR) is 77.8 cm³/mol. The van der Waals surface area contributed by atoms with Crippen LogP contribution < -0.4 is 10.6 Å². The number of carbonyl (C=O) groups excluding carboxylic acids is 1. The third-order valence-electron chi connectivity index (χ3n) is 3.15. The van der Waals surface area contributed by atoms with E-state index in [4.69, 9.17) is 16.3 Å². The van der Waals surface area contributed by atoms with E-state index in [0.717, 1.165) is 25.1 Å². The second-order valence-corrected chi connectivity index (χ2v) is 5.17. The Bertz CT molecular complexity index is 459. The van der Waals surface area contributed by atoms with Gasteiger partial charge in [-0.15, -0.1) is 0 Å². The molecule has 1 saturated carbocycles. The van der Waals surface area contributed by atoms with Crippen molar-refractivity contribution in [3.05, 3.63) is 23.2 Å². The highest BCUT2D eigenvalue weighted by Gasteiger charge is 2.29. The van der Waals surface area contributed by atoms with Crippen LogP contribution in [0, 0.1) is 0 Å². The van der Waals surface area contributed by atoms with Crippen molar-refractivity contribution in [3.8, 4) is 0 Å². The first kappa shape index (κ1) is 14.2. The van der Waals surface area contributed by atoms with E-state index in [1.54, 1.807) is 0 Å². The molecular weight excluding hydrogens is 264 g/mol. The molecule has 0 aliphatic heterocycles. The molecule has 5 heteroatoms. The monoisotopic (exact) mass is 282 g/mol. The minimum Gasteiger partial charge on any atom is -0.382 e. The average molecular weight is 283 g/mol. The Morgan fingerprint density at radius 3 is 2.79 bits per heavy atom. The molecule has 0 unspecified atom stereocenters. The first-order valence-electron chi connectivity index (χ1n) is 6.53. The standard InChI is InChI=1S/C14H19ClN2O2/c1-3-19-12-6-11(7-12)17-10-4-5-14(13(15)8-10)16-9(2)18/h4-5,8,11-12,17H,3,6-7H2,1-2H3,(H,16,18). The molecule has 2 rings (SSSR count). The van der Waals surface area contributed by atoms with E-state index in [-0.39, 0.29) is 5.91 Å². The van der Waals surface area contributed by atoms with E-state index in [1.807, 2.05) is 25.1 Å². The van der Waals surface area contributed by atoms with Gasteiger partial charge >= 0.3 is 0 Å². The molecule has 0 heterocycles. The Hall–Kier alpha value is -1.26. The van der Waals surface area contributed by atoms with Crippen LogP contribution in [0.5, 0.6) is 0 Å². The quantitative estimate of drug-likeness (QED) is 0.871. The van der Waals surface area contributed by atoms with E-state index in [9.17, 15) is 4.79 Å². The number of benzene rings is 1. The normalized spacial score (nSPS) is 21.6. The van der Waals surface area contributed by atoms with Gasteiger partial charge in [0.2, 0.25) is 5.91 Å². The van der Waals surface area contributed by atoms with Gasteiger partial charge in [-0.25, -0.2) is 0 Å².